The fraction of sp³-hybridized carbons (Fsp3) is 0.889. The van der Waals surface area contributed by atoms with E-state index in [4.69, 9.17) is 9.47 Å². The third-order valence-corrected chi connectivity index (χ3v) is 8.25. The average molecular weight is 627 g/mol. The van der Waals surface area contributed by atoms with Crippen molar-refractivity contribution in [3.05, 3.63) is 0 Å². The van der Waals surface area contributed by atoms with Gasteiger partial charge in [0.25, 0.3) is 0 Å². The van der Waals surface area contributed by atoms with E-state index < -0.39 is 36.1 Å². The summed E-state index contributed by atoms with van der Waals surface area (Å²) in [7, 11) is 0. The molecule has 0 spiro atoms. The second kappa shape index (κ2) is 30.9. The highest BCUT2D eigenvalue weighted by Gasteiger charge is 2.40. The molecule has 0 amide bonds. The van der Waals surface area contributed by atoms with Gasteiger partial charge in [-0.1, -0.05) is 168 Å². The van der Waals surface area contributed by atoms with E-state index in [2.05, 4.69) is 13.8 Å². The predicted molar refractivity (Wildman–Crippen MR) is 176 cm³/mol. The Bertz CT molecular complexity index is 663. The van der Waals surface area contributed by atoms with Gasteiger partial charge >= 0.3 is 23.9 Å². The standard InChI is InChI=1S/C36H66O8/c1-3-5-7-9-11-13-15-17-19-21-23-25-27-29-31(37)43-33(35(39)40)34(36(41)42)44-32(38)30-28-26-24-22-20-18-16-14-12-10-8-6-4-2/h33-34H,3-30H2,1-2H3,(H,39,40)(H,41,42). The van der Waals surface area contributed by atoms with E-state index in [-0.39, 0.29) is 12.8 Å². The lowest BCUT2D eigenvalue weighted by molar-refractivity contribution is -0.187. The zero-order valence-corrected chi connectivity index (χ0v) is 28.3. The molecule has 0 heterocycles. The first kappa shape index (κ1) is 41.9. The summed E-state index contributed by atoms with van der Waals surface area (Å²) in [5, 5.41) is 19.0. The molecule has 0 bridgehead atoms. The summed E-state index contributed by atoms with van der Waals surface area (Å²) in [6.07, 6.45) is 25.9. The van der Waals surface area contributed by atoms with Gasteiger partial charge in [-0.05, 0) is 12.8 Å². The summed E-state index contributed by atoms with van der Waals surface area (Å²) >= 11 is 0. The van der Waals surface area contributed by atoms with Crippen molar-refractivity contribution in [3.8, 4) is 0 Å². The van der Waals surface area contributed by atoms with E-state index >= 15 is 0 Å². The molecule has 2 unspecified atom stereocenters. The Morgan fingerprint density at radius 1 is 0.386 bits per heavy atom. The van der Waals surface area contributed by atoms with E-state index in [1.807, 2.05) is 0 Å². The van der Waals surface area contributed by atoms with Crippen LogP contribution in [0.5, 0.6) is 0 Å². The van der Waals surface area contributed by atoms with E-state index in [1.54, 1.807) is 0 Å². The van der Waals surface area contributed by atoms with Crippen LogP contribution in [0.25, 0.3) is 0 Å². The molecule has 0 rings (SSSR count). The molecule has 0 aliphatic heterocycles. The van der Waals surface area contributed by atoms with Crippen molar-refractivity contribution in [2.24, 2.45) is 0 Å². The number of rotatable bonds is 33. The fourth-order valence-corrected chi connectivity index (χ4v) is 5.46. The summed E-state index contributed by atoms with van der Waals surface area (Å²) in [6.45, 7) is 4.46. The number of carbonyl (C=O) groups is 4. The lowest BCUT2D eigenvalue weighted by Crippen LogP contribution is -2.45. The summed E-state index contributed by atoms with van der Waals surface area (Å²) in [6, 6.07) is 0. The summed E-state index contributed by atoms with van der Waals surface area (Å²) < 4.78 is 9.94. The number of esters is 2. The zero-order valence-electron chi connectivity index (χ0n) is 28.3. The molecule has 0 aliphatic rings. The molecule has 0 fully saturated rings. The topological polar surface area (TPSA) is 127 Å². The van der Waals surface area contributed by atoms with Crippen LogP contribution < -0.4 is 0 Å². The van der Waals surface area contributed by atoms with Crippen molar-refractivity contribution in [2.75, 3.05) is 0 Å². The molecule has 0 aromatic heterocycles. The molecule has 8 heteroatoms. The van der Waals surface area contributed by atoms with Gasteiger partial charge in [-0.3, -0.25) is 9.59 Å². The fourth-order valence-electron chi connectivity index (χ4n) is 5.46. The van der Waals surface area contributed by atoms with Gasteiger partial charge in [0.05, 0.1) is 0 Å². The monoisotopic (exact) mass is 626 g/mol. The maximum atomic E-state index is 12.3. The Morgan fingerprint density at radius 2 is 0.591 bits per heavy atom. The number of unbranched alkanes of at least 4 members (excludes halogenated alkanes) is 24. The normalized spacial score (nSPS) is 12.5. The van der Waals surface area contributed by atoms with Crippen LogP contribution in [0.2, 0.25) is 0 Å². The summed E-state index contributed by atoms with van der Waals surface area (Å²) in [4.78, 5) is 47.9. The molecule has 8 nitrogen and oxygen atoms in total. The van der Waals surface area contributed by atoms with Crippen molar-refractivity contribution < 1.29 is 38.9 Å². The number of hydrogen-bond acceptors (Lipinski definition) is 6. The Morgan fingerprint density at radius 3 is 0.795 bits per heavy atom. The van der Waals surface area contributed by atoms with E-state index in [1.165, 1.54) is 116 Å². The average Bonchev–Trinajstić information content (AvgIpc) is 2.99. The summed E-state index contributed by atoms with van der Waals surface area (Å²) in [5.74, 6) is -4.88. The van der Waals surface area contributed by atoms with E-state index in [0.717, 1.165) is 38.5 Å². The number of carboxylic acid groups (broad SMARTS) is 2. The maximum Gasteiger partial charge on any atom is 0.349 e. The number of carbonyl (C=O) groups excluding carboxylic acids is 2. The van der Waals surface area contributed by atoms with Gasteiger partial charge in [-0.25, -0.2) is 9.59 Å². The van der Waals surface area contributed by atoms with Crippen LogP contribution in [0.4, 0.5) is 0 Å². The van der Waals surface area contributed by atoms with Crippen molar-refractivity contribution >= 4 is 23.9 Å². The molecule has 2 atom stereocenters. The second-order valence-electron chi connectivity index (χ2n) is 12.5. The van der Waals surface area contributed by atoms with Crippen LogP contribution in [0.1, 0.15) is 194 Å². The minimum absolute atomic E-state index is 0.000778. The first-order valence-corrected chi connectivity index (χ1v) is 18.2. The van der Waals surface area contributed by atoms with Crippen LogP contribution in [0, 0.1) is 0 Å². The highest BCUT2D eigenvalue weighted by molar-refractivity contribution is 5.87. The number of hydrogen-bond donors (Lipinski definition) is 2. The Kier molecular flexibility index (Phi) is 29.4. The minimum atomic E-state index is -2.07. The highest BCUT2D eigenvalue weighted by Crippen LogP contribution is 2.16. The molecule has 0 radical (unpaired) electrons. The largest absolute Gasteiger partial charge is 0.478 e. The molecule has 258 valence electrons. The maximum absolute atomic E-state index is 12.3. The number of carboxylic acids is 2. The SMILES string of the molecule is CCCCCCCCCCCCCCCC(=O)OC(C(=O)O)C(OC(=O)CCCCCCCCCCCCCCC)C(=O)O. The Hall–Kier alpha value is -2.12. The van der Waals surface area contributed by atoms with Gasteiger partial charge in [-0.2, -0.15) is 0 Å². The first-order chi connectivity index (χ1) is 21.3. The molecule has 0 aromatic rings. The summed E-state index contributed by atoms with van der Waals surface area (Å²) in [5.41, 5.74) is 0. The van der Waals surface area contributed by atoms with Gasteiger partial charge in [0.1, 0.15) is 0 Å². The van der Waals surface area contributed by atoms with E-state index in [0.29, 0.717) is 12.8 Å². The van der Waals surface area contributed by atoms with Crippen molar-refractivity contribution in [2.45, 2.75) is 206 Å². The van der Waals surface area contributed by atoms with Crippen LogP contribution in [-0.2, 0) is 28.7 Å². The quantitative estimate of drug-likeness (QED) is 0.0544. The van der Waals surface area contributed by atoms with Crippen LogP contribution in [0.3, 0.4) is 0 Å². The molecule has 0 saturated carbocycles. The van der Waals surface area contributed by atoms with Crippen LogP contribution in [-0.4, -0.2) is 46.3 Å². The smallest absolute Gasteiger partial charge is 0.349 e. The molecule has 0 aliphatic carbocycles. The predicted octanol–water partition coefficient (Wildman–Crippen LogP) is 9.94. The molecule has 0 aromatic carbocycles. The third-order valence-electron chi connectivity index (χ3n) is 8.25. The van der Waals surface area contributed by atoms with Crippen molar-refractivity contribution in [1.82, 2.24) is 0 Å². The minimum Gasteiger partial charge on any atom is -0.478 e. The molecule has 2 N–H and O–H groups in total. The molecule has 44 heavy (non-hydrogen) atoms. The van der Waals surface area contributed by atoms with Gasteiger partial charge in [0, 0.05) is 12.8 Å². The molecule has 0 saturated heterocycles. The lowest BCUT2D eigenvalue weighted by atomic mass is 10.0. The highest BCUT2D eigenvalue weighted by atomic mass is 16.6. The second-order valence-corrected chi connectivity index (χ2v) is 12.5. The van der Waals surface area contributed by atoms with Crippen LogP contribution >= 0.6 is 0 Å². The molecular weight excluding hydrogens is 560 g/mol. The Labute approximate surface area is 268 Å². The van der Waals surface area contributed by atoms with Gasteiger partial charge < -0.3 is 19.7 Å². The lowest BCUT2D eigenvalue weighted by Gasteiger charge is -2.21. The van der Waals surface area contributed by atoms with Crippen molar-refractivity contribution in [3.63, 3.8) is 0 Å². The number of aliphatic carboxylic acids is 2. The van der Waals surface area contributed by atoms with Gasteiger partial charge in [0.15, 0.2) is 0 Å². The number of ether oxygens (including phenoxy) is 2. The first-order valence-electron chi connectivity index (χ1n) is 18.2. The van der Waals surface area contributed by atoms with E-state index in [9.17, 15) is 29.4 Å². The van der Waals surface area contributed by atoms with Crippen LogP contribution in [0.15, 0.2) is 0 Å². The van der Waals surface area contributed by atoms with Crippen molar-refractivity contribution in [1.29, 1.82) is 0 Å². The van der Waals surface area contributed by atoms with Gasteiger partial charge in [-0.15, -0.1) is 0 Å². The van der Waals surface area contributed by atoms with Gasteiger partial charge in [0.2, 0.25) is 12.2 Å². The third kappa shape index (κ3) is 26.3. The molecular formula is C36H66O8. The Balaban J connectivity index is 4.07. The zero-order chi connectivity index (χ0) is 32.7.